The van der Waals surface area contributed by atoms with Gasteiger partial charge in [-0.1, -0.05) is 0 Å². The number of hydrogen-bond donors (Lipinski definition) is 0. The summed E-state index contributed by atoms with van der Waals surface area (Å²) in [6, 6.07) is 3.17. The van der Waals surface area contributed by atoms with Crippen LogP contribution in [-0.2, 0) is 10.6 Å². The molecule has 1 saturated heterocycles. The first kappa shape index (κ1) is 14.6. The van der Waals surface area contributed by atoms with Gasteiger partial charge in [0.15, 0.2) is 11.6 Å². The SMILES string of the molecule is COc1cc2c(cc1F)nc(CCl)n2C(C)C1CCCO1. The van der Waals surface area contributed by atoms with Crippen molar-refractivity contribution in [3.05, 3.63) is 23.8 Å². The maximum absolute atomic E-state index is 13.8. The molecule has 1 aromatic carbocycles. The minimum Gasteiger partial charge on any atom is -0.494 e. The lowest BCUT2D eigenvalue weighted by molar-refractivity contribution is 0.0738. The van der Waals surface area contributed by atoms with Crippen LogP contribution in [0.5, 0.6) is 5.75 Å². The molecule has 0 radical (unpaired) electrons. The molecule has 3 rings (SSSR count). The van der Waals surface area contributed by atoms with Crippen LogP contribution >= 0.6 is 11.6 Å². The number of rotatable bonds is 4. The van der Waals surface area contributed by atoms with E-state index in [-0.39, 0.29) is 23.8 Å². The molecule has 0 aliphatic carbocycles. The Labute approximate surface area is 127 Å². The number of aromatic nitrogens is 2. The third-order valence-electron chi connectivity index (χ3n) is 4.07. The smallest absolute Gasteiger partial charge is 0.167 e. The Bertz CT molecular complexity index is 653. The van der Waals surface area contributed by atoms with Crippen LogP contribution in [0.15, 0.2) is 12.1 Å². The van der Waals surface area contributed by atoms with E-state index in [1.54, 1.807) is 6.07 Å². The predicted molar refractivity (Wildman–Crippen MR) is 79.5 cm³/mol. The Morgan fingerprint density at radius 1 is 1.57 bits per heavy atom. The van der Waals surface area contributed by atoms with Gasteiger partial charge in [-0.05, 0) is 19.8 Å². The Balaban J connectivity index is 2.14. The molecule has 0 bridgehead atoms. The molecule has 114 valence electrons. The lowest BCUT2D eigenvalue weighted by Gasteiger charge is -2.22. The quantitative estimate of drug-likeness (QED) is 0.808. The van der Waals surface area contributed by atoms with Gasteiger partial charge in [0.1, 0.15) is 5.82 Å². The molecule has 0 spiro atoms. The van der Waals surface area contributed by atoms with Crippen molar-refractivity contribution >= 4 is 22.6 Å². The topological polar surface area (TPSA) is 36.3 Å². The first-order valence-electron chi connectivity index (χ1n) is 7.07. The van der Waals surface area contributed by atoms with Crippen LogP contribution < -0.4 is 4.74 Å². The van der Waals surface area contributed by atoms with E-state index in [0.29, 0.717) is 5.52 Å². The second kappa shape index (κ2) is 5.81. The molecule has 2 unspecified atom stereocenters. The van der Waals surface area contributed by atoms with Gasteiger partial charge in [-0.3, -0.25) is 0 Å². The highest BCUT2D eigenvalue weighted by Crippen LogP contribution is 2.32. The van der Waals surface area contributed by atoms with Crippen molar-refractivity contribution < 1.29 is 13.9 Å². The van der Waals surface area contributed by atoms with Crippen LogP contribution in [0, 0.1) is 5.82 Å². The number of halogens is 2. The third kappa shape index (κ3) is 2.49. The van der Waals surface area contributed by atoms with Crippen LogP contribution in [0.2, 0.25) is 0 Å². The van der Waals surface area contributed by atoms with E-state index in [0.717, 1.165) is 30.8 Å². The van der Waals surface area contributed by atoms with Crippen LogP contribution in [0.1, 0.15) is 31.6 Å². The second-order valence-electron chi connectivity index (χ2n) is 5.30. The minimum atomic E-state index is -0.416. The molecule has 1 fully saturated rings. The molecule has 2 aromatic rings. The van der Waals surface area contributed by atoms with E-state index in [4.69, 9.17) is 21.1 Å². The maximum atomic E-state index is 13.8. The van der Waals surface area contributed by atoms with E-state index >= 15 is 0 Å². The summed E-state index contributed by atoms with van der Waals surface area (Å²) in [6.07, 6.45) is 2.22. The molecule has 2 atom stereocenters. The van der Waals surface area contributed by atoms with Gasteiger partial charge < -0.3 is 14.0 Å². The van der Waals surface area contributed by atoms with Crippen molar-refractivity contribution in [1.29, 1.82) is 0 Å². The largest absolute Gasteiger partial charge is 0.494 e. The Morgan fingerprint density at radius 2 is 2.38 bits per heavy atom. The number of ether oxygens (including phenoxy) is 2. The zero-order valence-electron chi connectivity index (χ0n) is 12.1. The van der Waals surface area contributed by atoms with E-state index in [2.05, 4.69) is 11.9 Å². The monoisotopic (exact) mass is 312 g/mol. The molecule has 1 aliphatic heterocycles. The molecule has 2 heterocycles. The van der Waals surface area contributed by atoms with Crippen LogP contribution in [0.4, 0.5) is 4.39 Å². The highest BCUT2D eigenvalue weighted by molar-refractivity contribution is 6.16. The molecule has 0 amide bonds. The first-order chi connectivity index (χ1) is 10.2. The van der Waals surface area contributed by atoms with E-state index in [1.165, 1.54) is 13.2 Å². The van der Waals surface area contributed by atoms with Gasteiger partial charge in [0.05, 0.1) is 36.2 Å². The molecule has 21 heavy (non-hydrogen) atoms. The highest BCUT2D eigenvalue weighted by atomic mass is 35.5. The molecular formula is C15H18ClFN2O2. The van der Waals surface area contributed by atoms with Gasteiger partial charge >= 0.3 is 0 Å². The molecule has 0 N–H and O–H groups in total. The Hall–Kier alpha value is -1.33. The zero-order chi connectivity index (χ0) is 15.0. The molecule has 1 aliphatic rings. The summed E-state index contributed by atoms with van der Waals surface area (Å²) in [6.45, 7) is 2.87. The van der Waals surface area contributed by atoms with Crippen molar-refractivity contribution in [3.63, 3.8) is 0 Å². The van der Waals surface area contributed by atoms with Crippen molar-refractivity contribution in [2.75, 3.05) is 13.7 Å². The van der Waals surface area contributed by atoms with E-state index in [1.807, 2.05) is 4.57 Å². The van der Waals surface area contributed by atoms with Gasteiger partial charge in [0, 0.05) is 18.7 Å². The Kier molecular flexibility index (Phi) is 4.04. The molecule has 6 heteroatoms. The summed E-state index contributed by atoms with van der Waals surface area (Å²) < 4.78 is 26.7. The summed E-state index contributed by atoms with van der Waals surface area (Å²) >= 11 is 6.02. The highest BCUT2D eigenvalue weighted by Gasteiger charge is 2.27. The normalized spacial score (nSPS) is 20.1. The van der Waals surface area contributed by atoms with Gasteiger partial charge in [-0.25, -0.2) is 9.37 Å². The molecular weight excluding hydrogens is 295 g/mol. The van der Waals surface area contributed by atoms with Gasteiger partial charge in [0.2, 0.25) is 0 Å². The average molecular weight is 313 g/mol. The number of fused-ring (bicyclic) bond motifs is 1. The maximum Gasteiger partial charge on any atom is 0.167 e. The fraction of sp³-hybridized carbons (Fsp3) is 0.533. The number of benzene rings is 1. The van der Waals surface area contributed by atoms with Crippen molar-refractivity contribution in [1.82, 2.24) is 9.55 Å². The summed E-state index contributed by atoms with van der Waals surface area (Å²) in [5, 5.41) is 0. The van der Waals surface area contributed by atoms with E-state index < -0.39 is 5.82 Å². The lowest BCUT2D eigenvalue weighted by Crippen LogP contribution is -2.22. The van der Waals surface area contributed by atoms with Crippen molar-refractivity contribution in [2.24, 2.45) is 0 Å². The standard InChI is InChI=1S/C15H18ClFN2O2/c1-9(13-4-3-5-21-13)19-12-7-14(20-2)10(17)6-11(12)18-15(19)8-16/h6-7,9,13H,3-5,8H2,1-2H3. The van der Waals surface area contributed by atoms with Crippen molar-refractivity contribution in [2.45, 2.75) is 37.8 Å². The van der Waals surface area contributed by atoms with Crippen LogP contribution in [0.25, 0.3) is 11.0 Å². The third-order valence-corrected chi connectivity index (χ3v) is 4.30. The summed E-state index contributed by atoms with van der Waals surface area (Å²) in [4.78, 5) is 4.44. The summed E-state index contributed by atoms with van der Waals surface area (Å²) in [5.41, 5.74) is 1.42. The zero-order valence-corrected chi connectivity index (χ0v) is 12.9. The number of alkyl halides is 1. The molecule has 1 aromatic heterocycles. The van der Waals surface area contributed by atoms with Gasteiger partial charge in [-0.2, -0.15) is 0 Å². The molecule has 4 nitrogen and oxygen atoms in total. The van der Waals surface area contributed by atoms with Gasteiger partial charge in [-0.15, -0.1) is 11.6 Å². The lowest BCUT2D eigenvalue weighted by atomic mass is 10.1. The minimum absolute atomic E-state index is 0.0985. The summed E-state index contributed by atoms with van der Waals surface area (Å²) in [5.74, 6) is 0.794. The first-order valence-corrected chi connectivity index (χ1v) is 7.61. The molecule has 0 saturated carbocycles. The fourth-order valence-electron chi connectivity index (χ4n) is 3.00. The number of methoxy groups -OCH3 is 1. The Morgan fingerprint density at radius 3 is 3.00 bits per heavy atom. The van der Waals surface area contributed by atoms with Crippen molar-refractivity contribution in [3.8, 4) is 5.75 Å². The fourth-order valence-corrected chi connectivity index (χ4v) is 3.19. The van der Waals surface area contributed by atoms with Crippen LogP contribution in [0.3, 0.4) is 0 Å². The number of nitrogens with zero attached hydrogens (tertiary/aromatic N) is 2. The second-order valence-corrected chi connectivity index (χ2v) is 5.57. The van der Waals surface area contributed by atoms with E-state index in [9.17, 15) is 4.39 Å². The van der Waals surface area contributed by atoms with Crippen LogP contribution in [-0.4, -0.2) is 29.4 Å². The number of imidazole rings is 1. The van der Waals surface area contributed by atoms with Gasteiger partial charge in [0.25, 0.3) is 0 Å². The average Bonchev–Trinajstić information content (AvgIpc) is 3.12. The predicted octanol–water partition coefficient (Wildman–Crippen LogP) is 3.66. The number of hydrogen-bond acceptors (Lipinski definition) is 3. The summed E-state index contributed by atoms with van der Waals surface area (Å²) in [7, 11) is 1.46.